The molecule has 2 aromatic carbocycles. The zero-order chi connectivity index (χ0) is 37.7. The van der Waals surface area contributed by atoms with Crippen molar-refractivity contribution in [2.75, 3.05) is 45.7 Å². The van der Waals surface area contributed by atoms with Crippen LogP contribution in [0.3, 0.4) is 0 Å². The van der Waals surface area contributed by atoms with Gasteiger partial charge in [-0.05, 0) is 80.8 Å². The van der Waals surface area contributed by atoms with Crippen LogP contribution in [0.2, 0.25) is 16.6 Å². The van der Waals surface area contributed by atoms with E-state index in [4.69, 9.17) is 19.7 Å². The molecule has 0 bridgehead atoms. The molecule has 0 unspecified atom stereocenters. The molecule has 0 amide bonds. The minimum atomic E-state index is -2.03. The Morgan fingerprint density at radius 2 is 1.72 bits per heavy atom. The molecular weight excluding hydrogens is 683 g/mol. The minimum Gasteiger partial charge on any atom is -0.461 e. The molecule has 2 aromatic heterocycles. The second-order valence-corrected chi connectivity index (χ2v) is 22.7. The van der Waals surface area contributed by atoms with Crippen molar-refractivity contribution in [2.24, 2.45) is 0 Å². The van der Waals surface area contributed by atoms with Crippen molar-refractivity contribution in [2.45, 2.75) is 114 Å². The van der Waals surface area contributed by atoms with E-state index in [0.717, 1.165) is 48.6 Å². The first-order valence-electron chi connectivity index (χ1n) is 19.6. The summed E-state index contributed by atoms with van der Waals surface area (Å²) in [6.07, 6.45) is 6.42. The van der Waals surface area contributed by atoms with E-state index < -0.39 is 20.1 Å². The zero-order valence-electron chi connectivity index (χ0n) is 32.8. The smallest absolute Gasteiger partial charge is 0.319 e. The van der Waals surface area contributed by atoms with E-state index in [2.05, 4.69) is 94.4 Å². The molecule has 3 fully saturated rings. The Morgan fingerprint density at radius 3 is 2.38 bits per heavy atom. The Balaban J connectivity index is 1.34. The van der Waals surface area contributed by atoms with Gasteiger partial charge in [0.05, 0.1) is 10.9 Å². The van der Waals surface area contributed by atoms with Gasteiger partial charge in [0.1, 0.15) is 37.9 Å². The number of nitrogens with zero attached hydrogens (tertiary/aromatic N) is 5. The van der Waals surface area contributed by atoms with E-state index in [9.17, 15) is 4.39 Å². The molecule has 0 spiro atoms. The predicted octanol–water partition coefficient (Wildman–Crippen LogP) is 9.40. The highest BCUT2D eigenvalue weighted by Crippen LogP contribution is 2.43. The monoisotopic (exact) mass is 738 g/mol. The molecule has 7 nitrogen and oxygen atoms in total. The SMILES string of the molecule is CC(C)[Si](C#Cc1cccc2cccc(-c3ncc4c(NCC5(N(C)C)CCC5)nc(OC[C@@]56CCCN5C[C@H](F)C6)nc4c3F)c12)(C(C)C)C(C)C. The van der Waals surface area contributed by atoms with Gasteiger partial charge >= 0.3 is 6.01 Å². The van der Waals surface area contributed by atoms with Crippen molar-refractivity contribution in [3.63, 3.8) is 0 Å². The molecule has 1 aliphatic carbocycles. The first kappa shape index (κ1) is 37.7. The van der Waals surface area contributed by atoms with Crippen molar-refractivity contribution in [3.05, 3.63) is 54.0 Å². The molecule has 10 heteroatoms. The Morgan fingerprint density at radius 1 is 1.00 bits per heavy atom. The maximum atomic E-state index is 17.2. The molecule has 1 N–H and O–H groups in total. The summed E-state index contributed by atoms with van der Waals surface area (Å²) in [6, 6.07) is 12.1. The van der Waals surface area contributed by atoms with Gasteiger partial charge in [0, 0.05) is 47.8 Å². The molecule has 7 rings (SSSR count). The molecule has 0 radical (unpaired) electrons. The van der Waals surface area contributed by atoms with E-state index in [1.54, 1.807) is 6.20 Å². The van der Waals surface area contributed by atoms with Gasteiger partial charge in [0.25, 0.3) is 0 Å². The van der Waals surface area contributed by atoms with E-state index in [-0.39, 0.29) is 34.9 Å². The van der Waals surface area contributed by atoms with Crippen LogP contribution in [0.4, 0.5) is 14.6 Å². The van der Waals surface area contributed by atoms with Crippen molar-refractivity contribution < 1.29 is 13.5 Å². The van der Waals surface area contributed by atoms with Gasteiger partial charge in [-0.3, -0.25) is 9.88 Å². The summed E-state index contributed by atoms with van der Waals surface area (Å²) in [5.74, 6) is 3.61. The summed E-state index contributed by atoms with van der Waals surface area (Å²) < 4.78 is 38.2. The summed E-state index contributed by atoms with van der Waals surface area (Å²) >= 11 is 0. The largest absolute Gasteiger partial charge is 0.461 e. The molecule has 4 aromatic rings. The third kappa shape index (κ3) is 6.61. The third-order valence-corrected chi connectivity index (χ3v) is 19.4. The predicted molar refractivity (Wildman–Crippen MR) is 215 cm³/mol. The minimum absolute atomic E-state index is 0.00491. The van der Waals surface area contributed by atoms with Gasteiger partial charge in [0.2, 0.25) is 0 Å². The topological polar surface area (TPSA) is 66.4 Å². The number of fused-ring (bicyclic) bond motifs is 3. The number of hydrogen-bond acceptors (Lipinski definition) is 7. The molecule has 1 saturated carbocycles. The molecule has 2 saturated heterocycles. The Kier molecular flexibility index (Phi) is 10.3. The van der Waals surface area contributed by atoms with Crippen LogP contribution in [0.5, 0.6) is 6.01 Å². The normalized spacial score (nSPS) is 21.4. The van der Waals surface area contributed by atoms with Crippen LogP contribution in [-0.4, -0.2) is 90.4 Å². The van der Waals surface area contributed by atoms with Crippen molar-refractivity contribution in [1.82, 2.24) is 24.8 Å². The fourth-order valence-corrected chi connectivity index (χ4v) is 15.2. The van der Waals surface area contributed by atoms with Crippen LogP contribution < -0.4 is 10.1 Å². The number of halogens is 2. The summed E-state index contributed by atoms with van der Waals surface area (Å²) in [5, 5.41) is 5.92. The van der Waals surface area contributed by atoms with Crippen LogP contribution in [0.15, 0.2) is 42.6 Å². The van der Waals surface area contributed by atoms with Gasteiger partial charge in [-0.15, -0.1) is 5.54 Å². The number of hydrogen-bond donors (Lipinski definition) is 1. The standard InChI is InChI=1S/C43H56F2N6OSi/c1-28(2)53(29(3)4,30(5)6)22-17-32-14-9-13-31-15-10-16-34(36(31)32)38-37(45)39-35(24-46-38)40(47-26-42(50(7)8)18-11-19-42)49-41(48-39)52-27-43-20-12-21-51(43)25-33(44)23-43/h9-10,13-16,24,28-30,33H,11-12,18-21,23,25-27H2,1-8H3,(H,47,48,49)/t33-,43+/m1/s1. The number of anilines is 1. The summed E-state index contributed by atoms with van der Waals surface area (Å²) in [5.41, 5.74) is 6.88. The highest BCUT2D eigenvalue weighted by Gasteiger charge is 2.49. The van der Waals surface area contributed by atoms with Crippen LogP contribution >= 0.6 is 0 Å². The highest BCUT2D eigenvalue weighted by atomic mass is 28.3. The van der Waals surface area contributed by atoms with E-state index in [1.165, 1.54) is 6.42 Å². The van der Waals surface area contributed by atoms with E-state index >= 15 is 4.39 Å². The quantitative estimate of drug-likeness (QED) is 0.122. The molecule has 282 valence electrons. The summed E-state index contributed by atoms with van der Waals surface area (Å²) in [7, 11) is 2.18. The molecule has 53 heavy (non-hydrogen) atoms. The summed E-state index contributed by atoms with van der Waals surface area (Å²) in [6.45, 7) is 16.1. The average molecular weight is 739 g/mol. The lowest BCUT2D eigenvalue weighted by Crippen LogP contribution is -2.54. The van der Waals surface area contributed by atoms with E-state index in [0.29, 0.717) is 52.9 Å². The molecule has 2 atom stereocenters. The van der Waals surface area contributed by atoms with Crippen LogP contribution in [0, 0.1) is 17.3 Å². The maximum Gasteiger partial charge on any atom is 0.319 e. The van der Waals surface area contributed by atoms with Crippen molar-refractivity contribution in [3.8, 4) is 28.7 Å². The molecular formula is C43H56F2N6OSi. The second kappa shape index (κ2) is 14.5. The van der Waals surface area contributed by atoms with Gasteiger partial charge in [0.15, 0.2) is 5.82 Å². The highest BCUT2D eigenvalue weighted by molar-refractivity contribution is 6.90. The Labute approximate surface area is 315 Å². The number of likely N-dealkylation sites (N-methyl/N-ethyl adjacent to an activating group) is 1. The number of benzene rings is 2. The van der Waals surface area contributed by atoms with Crippen molar-refractivity contribution >= 4 is 35.6 Å². The lowest BCUT2D eigenvalue weighted by atomic mass is 9.75. The lowest BCUT2D eigenvalue weighted by Gasteiger charge is -2.47. The first-order chi connectivity index (χ1) is 25.3. The van der Waals surface area contributed by atoms with Gasteiger partial charge < -0.3 is 15.0 Å². The molecule has 3 aliphatic rings. The maximum absolute atomic E-state index is 17.2. The number of nitrogens with one attached hydrogen (secondary N) is 1. The molecule has 2 aliphatic heterocycles. The number of ether oxygens (including phenoxy) is 1. The van der Waals surface area contributed by atoms with Crippen molar-refractivity contribution in [1.29, 1.82) is 0 Å². The van der Waals surface area contributed by atoms with Crippen LogP contribution in [0.1, 0.15) is 85.6 Å². The Hall–Kier alpha value is -3.65. The van der Waals surface area contributed by atoms with Gasteiger partial charge in [-0.2, -0.15) is 9.97 Å². The van der Waals surface area contributed by atoms with Gasteiger partial charge in [-0.1, -0.05) is 77.8 Å². The fourth-order valence-electron chi connectivity index (χ4n) is 9.94. The van der Waals surface area contributed by atoms with Gasteiger partial charge in [-0.25, -0.2) is 8.78 Å². The second-order valence-electron chi connectivity index (χ2n) is 17.1. The van der Waals surface area contributed by atoms with Crippen LogP contribution in [-0.2, 0) is 0 Å². The lowest BCUT2D eigenvalue weighted by molar-refractivity contribution is 0.0738. The Bertz CT molecular complexity index is 2030. The first-order valence-corrected chi connectivity index (χ1v) is 21.9. The number of pyridine rings is 1. The molecule has 4 heterocycles. The fraction of sp³-hybridized carbons (Fsp3) is 0.558. The zero-order valence-corrected chi connectivity index (χ0v) is 33.8. The van der Waals surface area contributed by atoms with Crippen LogP contribution in [0.25, 0.3) is 32.9 Å². The van der Waals surface area contributed by atoms with E-state index in [1.807, 2.05) is 24.3 Å². The average Bonchev–Trinajstić information content (AvgIpc) is 3.62. The number of alkyl halides is 1. The number of aromatic nitrogens is 3. The number of rotatable bonds is 11. The third-order valence-electron chi connectivity index (χ3n) is 13.2. The summed E-state index contributed by atoms with van der Waals surface area (Å²) in [4.78, 5) is 18.8.